The van der Waals surface area contributed by atoms with E-state index in [9.17, 15) is 14.7 Å². The number of amides is 1. The van der Waals surface area contributed by atoms with Gasteiger partial charge in [0.15, 0.2) is 0 Å². The molecule has 2 N–H and O–H groups in total. The number of alkyl carbamates (subject to hydrolysis) is 1. The van der Waals surface area contributed by atoms with Crippen LogP contribution < -0.4 is 5.32 Å². The minimum Gasteiger partial charge on any atom is -0.463 e. The summed E-state index contributed by atoms with van der Waals surface area (Å²) >= 11 is 0. The number of aliphatic hydroxyl groups is 1. The number of hydrogen-bond acceptors (Lipinski definition) is 5. The number of benzene rings is 1. The molecule has 22 heavy (non-hydrogen) atoms. The Morgan fingerprint density at radius 2 is 2.00 bits per heavy atom. The molecule has 0 aromatic heterocycles. The second-order valence-electron chi connectivity index (χ2n) is 4.90. The van der Waals surface area contributed by atoms with Gasteiger partial charge >= 0.3 is 12.1 Å². The van der Waals surface area contributed by atoms with Crippen LogP contribution in [0.1, 0.15) is 18.9 Å². The van der Waals surface area contributed by atoms with Gasteiger partial charge in [-0.1, -0.05) is 36.4 Å². The molecule has 0 unspecified atom stereocenters. The Kier molecular flexibility index (Phi) is 7.12. The Bertz CT molecular complexity index is 503. The predicted octanol–water partition coefficient (Wildman–Crippen LogP) is 1.78. The third kappa shape index (κ3) is 5.97. The molecule has 0 radical (unpaired) electrons. The molecule has 0 bridgehead atoms. The quantitative estimate of drug-likeness (QED) is 0.565. The van der Waals surface area contributed by atoms with Crippen LogP contribution in [0.2, 0.25) is 0 Å². The van der Waals surface area contributed by atoms with E-state index in [1.165, 1.54) is 13.0 Å². The SMILES string of the molecule is C=CC[C@@](CO)(COC(C)=O)NC(=O)OCc1ccccc1. The van der Waals surface area contributed by atoms with Crippen molar-refractivity contribution in [1.29, 1.82) is 0 Å². The number of aliphatic hydroxyl groups excluding tert-OH is 1. The van der Waals surface area contributed by atoms with Crippen molar-refractivity contribution < 1.29 is 24.2 Å². The summed E-state index contributed by atoms with van der Waals surface area (Å²) in [5.74, 6) is -0.499. The summed E-state index contributed by atoms with van der Waals surface area (Å²) < 4.78 is 10.0. The molecular formula is C16H21NO5. The lowest BCUT2D eigenvalue weighted by Gasteiger charge is -2.30. The van der Waals surface area contributed by atoms with Crippen LogP contribution in [0.5, 0.6) is 0 Å². The molecule has 0 aliphatic rings. The van der Waals surface area contributed by atoms with Crippen LogP contribution in [0.4, 0.5) is 4.79 Å². The van der Waals surface area contributed by atoms with Crippen LogP contribution in [-0.2, 0) is 20.9 Å². The number of nitrogens with one attached hydrogen (secondary N) is 1. The Hall–Kier alpha value is -2.34. The second kappa shape index (κ2) is 8.84. The molecule has 1 rings (SSSR count). The van der Waals surface area contributed by atoms with Gasteiger partial charge in [-0.15, -0.1) is 6.58 Å². The van der Waals surface area contributed by atoms with Crippen molar-refractivity contribution in [3.8, 4) is 0 Å². The minimum absolute atomic E-state index is 0.107. The second-order valence-corrected chi connectivity index (χ2v) is 4.90. The van der Waals surface area contributed by atoms with E-state index in [1.807, 2.05) is 30.3 Å². The third-order valence-corrected chi connectivity index (χ3v) is 2.97. The van der Waals surface area contributed by atoms with Crippen LogP contribution in [0, 0.1) is 0 Å². The number of carbonyl (C=O) groups is 2. The van der Waals surface area contributed by atoms with Crippen molar-refractivity contribution >= 4 is 12.1 Å². The normalized spacial score (nSPS) is 12.8. The van der Waals surface area contributed by atoms with Gasteiger partial charge in [-0.3, -0.25) is 4.79 Å². The van der Waals surface area contributed by atoms with Crippen molar-refractivity contribution in [2.24, 2.45) is 0 Å². The molecule has 120 valence electrons. The van der Waals surface area contributed by atoms with Crippen LogP contribution in [-0.4, -0.2) is 35.9 Å². The Morgan fingerprint density at radius 3 is 2.55 bits per heavy atom. The van der Waals surface area contributed by atoms with E-state index in [0.29, 0.717) is 0 Å². The molecule has 1 amide bonds. The number of hydrogen-bond donors (Lipinski definition) is 2. The van der Waals surface area contributed by atoms with Crippen LogP contribution in [0.15, 0.2) is 43.0 Å². The molecule has 0 aliphatic heterocycles. The lowest BCUT2D eigenvalue weighted by molar-refractivity contribution is -0.143. The summed E-state index contributed by atoms with van der Waals surface area (Å²) in [7, 11) is 0. The van der Waals surface area contributed by atoms with Gasteiger partial charge in [-0.05, 0) is 12.0 Å². The average Bonchev–Trinajstić information content (AvgIpc) is 2.52. The summed E-state index contributed by atoms with van der Waals surface area (Å²) in [6, 6.07) is 9.20. The van der Waals surface area contributed by atoms with Crippen LogP contribution >= 0.6 is 0 Å². The monoisotopic (exact) mass is 307 g/mol. The molecule has 1 atom stereocenters. The van der Waals surface area contributed by atoms with E-state index in [-0.39, 0.29) is 19.6 Å². The van der Waals surface area contributed by atoms with Gasteiger partial charge in [0.25, 0.3) is 0 Å². The molecule has 0 aliphatic carbocycles. The Balaban J connectivity index is 2.61. The molecule has 0 spiro atoms. The van der Waals surface area contributed by atoms with Gasteiger partial charge in [0.2, 0.25) is 0 Å². The molecule has 1 aromatic carbocycles. The first kappa shape index (κ1) is 17.7. The third-order valence-electron chi connectivity index (χ3n) is 2.97. The molecule has 6 heteroatoms. The highest BCUT2D eigenvalue weighted by molar-refractivity contribution is 5.69. The van der Waals surface area contributed by atoms with Gasteiger partial charge in [-0.25, -0.2) is 4.79 Å². The van der Waals surface area contributed by atoms with Crippen molar-refractivity contribution in [3.63, 3.8) is 0 Å². The molecule has 6 nitrogen and oxygen atoms in total. The van der Waals surface area contributed by atoms with E-state index in [0.717, 1.165) is 5.56 Å². The maximum Gasteiger partial charge on any atom is 0.408 e. The summed E-state index contributed by atoms with van der Waals surface area (Å²) in [5, 5.41) is 12.1. The highest BCUT2D eigenvalue weighted by atomic mass is 16.6. The summed E-state index contributed by atoms with van der Waals surface area (Å²) in [6.45, 7) is 4.37. The van der Waals surface area contributed by atoms with Gasteiger partial charge in [0.05, 0.1) is 6.61 Å². The maximum absolute atomic E-state index is 11.9. The summed E-state index contributed by atoms with van der Waals surface area (Å²) in [4.78, 5) is 22.8. The van der Waals surface area contributed by atoms with Gasteiger partial charge in [0.1, 0.15) is 18.8 Å². The number of rotatable bonds is 8. The van der Waals surface area contributed by atoms with Crippen LogP contribution in [0.25, 0.3) is 0 Å². The smallest absolute Gasteiger partial charge is 0.408 e. The highest BCUT2D eigenvalue weighted by Crippen LogP contribution is 2.13. The summed E-state index contributed by atoms with van der Waals surface area (Å²) in [5.41, 5.74) is -0.294. The lowest BCUT2D eigenvalue weighted by atomic mass is 9.97. The number of esters is 1. The largest absolute Gasteiger partial charge is 0.463 e. The highest BCUT2D eigenvalue weighted by Gasteiger charge is 2.32. The standard InChI is InChI=1S/C16H21NO5/c1-3-9-16(11-18,12-22-13(2)19)17-15(20)21-10-14-7-5-4-6-8-14/h3-8,18H,1,9-12H2,2H3,(H,17,20)/t16-/m1/s1. The lowest BCUT2D eigenvalue weighted by Crippen LogP contribution is -2.54. The summed E-state index contributed by atoms with van der Waals surface area (Å²) in [6.07, 6.45) is 1.06. The Morgan fingerprint density at radius 1 is 1.32 bits per heavy atom. The van der Waals surface area contributed by atoms with Gasteiger partial charge < -0.3 is 19.9 Å². The molecule has 1 aromatic rings. The Labute approximate surface area is 129 Å². The first-order chi connectivity index (χ1) is 10.5. The molecule has 0 saturated heterocycles. The maximum atomic E-state index is 11.9. The number of ether oxygens (including phenoxy) is 2. The van der Waals surface area contributed by atoms with E-state index >= 15 is 0 Å². The van der Waals surface area contributed by atoms with E-state index < -0.39 is 24.2 Å². The minimum atomic E-state index is -1.14. The average molecular weight is 307 g/mol. The predicted molar refractivity (Wildman–Crippen MR) is 81.0 cm³/mol. The molecular weight excluding hydrogens is 286 g/mol. The fourth-order valence-electron chi connectivity index (χ4n) is 1.79. The number of carbonyl (C=O) groups excluding carboxylic acids is 2. The van der Waals surface area contributed by atoms with E-state index in [2.05, 4.69) is 11.9 Å². The topological polar surface area (TPSA) is 84.9 Å². The van der Waals surface area contributed by atoms with Crippen molar-refractivity contribution in [2.45, 2.75) is 25.5 Å². The van der Waals surface area contributed by atoms with Gasteiger partial charge in [-0.2, -0.15) is 0 Å². The fourth-order valence-corrected chi connectivity index (χ4v) is 1.79. The van der Waals surface area contributed by atoms with Crippen LogP contribution in [0.3, 0.4) is 0 Å². The van der Waals surface area contributed by atoms with Crippen molar-refractivity contribution in [1.82, 2.24) is 5.32 Å². The zero-order valence-corrected chi connectivity index (χ0v) is 12.6. The van der Waals surface area contributed by atoms with Crippen molar-refractivity contribution in [2.75, 3.05) is 13.2 Å². The van der Waals surface area contributed by atoms with Gasteiger partial charge in [0, 0.05) is 6.92 Å². The van der Waals surface area contributed by atoms with E-state index in [4.69, 9.17) is 9.47 Å². The molecule has 0 saturated carbocycles. The fraction of sp³-hybridized carbons (Fsp3) is 0.375. The zero-order valence-electron chi connectivity index (χ0n) is 12.6. The first-order valence-corrected chi connectivity index (χ1v) is 6.85. The molecule has 0 fully saturated rings. The van der Waals surface area contributed by atoms with Crippen molar-refractivity contribution in [3.05, 3.63) is 48.6 Å². The zero-order chi connectivity index (χ0) is 16.4. The first-order valence-electron chi connectivity index (χ1n) is 6.85. The van der Waals surface area contributed by atoms with E-state index in [1.54, 1.807) is 0 Å². The molecule has 0 heterocycles.